The van der Waals surface area contributed by atoms with Gasteiger partial charge >= 0.3 is 0 Å². The van der Waals surface area contributed by atoms with Crippen LogP contribution in [0, 0.1) is 0 Å². The van der Waals surface area contributed by atoms with Crippen LogP contribution >= 0.6 is 0 Å². The molecule has 0 aliphatic carbocycles. The highest BCUT2D eigenvalue weighted by Crippen LogP contribution is 2.17. The van der Waals surface area contributed by atoms with Crippen molar-refractivity contribution >= 4 is 17.5 Å². The summed E-state index contributed by atoms with van der Waals surface area (Å²) >= 11 is 0. The van der Waals surface area contributed by atoms with Gasteiger partial charge in [-0.3, -0.25) is 9.59 Å². The first kappa shape index (κ1) is 15.3. The van der Waals surface area contributed by atoms with E-state index in [1.54, 1.807) is 12.1 Å². The number of hydrogen-bond acceptors (Lipinski definition) is 4. The minimum absolute atomic E-state index is 0.100. The molecule has 2 amide bonds. The van der Waals surface area contributed by atoms with Crippen LogP contribution in [0.3, 0.4) is 0 Å². The van der Waals surface area contributed by atoms with Crippen LogP contribution in [0.15, 0.2) is 24.3 Å². The SMILES string of the molecule is CC(N)CC(=O)N1CCN(c2ccc(C(N)=O)cc2)CC1. The van der Waals surface area contributed by atoms with Crippen molar-refractivity contribution in [2.45, 2.75) is 19.4 Å². The van der Waals surface area contributed by atoms with Gasteiger partial charge in [-0.2, -0.15) is 0 Å². The normalized spacial score (nSPS) is 16.7. The Labute approximate surface area is 124 Å². The van der Waals surface area contributed by atoms with E-state index in [0.29, 0.717) is 25.1 Å². The lowest BCUT2D eigenvalue weighted by atomic mass is 10.1. The zero-order chi connectivity index (χ0) is 15.4. The van der Waals surface area contributed by atoms with E-state index in [1.165, 1.54) is 0 Å². The minimum atomic E-state index is -0.423. The Morgan fingerprint density at radius 3 is 2.19 bits per heavy atom. The van der Waals surface area contributed by atoms with Crippen LogP contribution in [-0.2, 0) is 4.79 Å². The second-order valence-electron chi connectivity index (χ2n) is 5.46. The molecule has 0 spiro atoms. The Hall–Kier alpha value is -2.08. The molecule has 2 rings (SSSR count). The van der Waals surface area contributed by atoms with Crippen molar-refractivity contribution in [1.29, 1.82) is 0 Å². The highest BCUT2D eigenvalue weighted by atomic mass is 16.2. The fourth-order valence-electron chi connectivity index (χ4n) is 2.46. The third kappa shape index (κ3) is 3.95. The summed E-state index contributed by atoms with van der Waals surface area (Å²) in [4.78, 5) is 27.0. The van der Waals surface area contributed by atoms with Gasteiger partial charge < -0.3 is 21.3 Å². The molecule has 0 aromatic heterocycles. The third-order valence-electron chi connectivity index (χ3n) is 3.65. The summed E-state index contributed by atoms with van der Waals surface area (Å²) in [6.07, 6.45) is 0.396. The molecule has 4 N–H and O–H groups in total. The van der Waals surface area contributed by atoms with Gasteiger partial charge in [0.05, 0.1) is 0 Å². The van der Waals surface area contributed by atoms with Crippen molar-refractivity contribution in [2.24, 2.45) is 11.5 Å². The van der Waals surface area contributed by atoms with Crippen LogP contribution in [0.1, 0.15) is 23.7 Å². The fraction of sp³-hybridized carbons (Fsp3) is 0.467. The van der Waals surface area contributed by atoms with E-state index in [-0.39, 0.29) is 11.9 Å². The molecule has 1 saturated heterocycles. The topological polar surface area (TPSA) is 92.7 Å². The highest BCUT2D eigenvalue weighted by Gasteiger charge is 2.21. The lowest BCUT2D eigenvalue weighted by molar-refractivity contribution is -0.131. The number of carbonyl (C=O) groups is 2. The van der Waals surface area contributed by atoms with Crippen molar-refractivity contribution in [3.63, 3.8) is 0 Å². The maximum absolute atomic E-state index is 11.9. The van der Waals surface area contributed by atoms with E-state index < -0.39 is 5.91 Å². The molecule has 114 valence electrons. The molecular formula is C15H22N4O2. The Morgan fingerprint density at radius 1 is 1.14 bits per heavy atom. The monoisotopic (exact) mass is 290 g/mol. The van der Waals surface area contributed by atoms with Crippen LogP contribution in [0.2, 0.25) is 0 Å². The third-order valence-corrected chi connectivity index (χ3v) is 3.65. The Balaban J connectivity index is 1.91. The van der Waals surface area contributed by atoms with Gasteiger partial charge in [0.25, 0.3) is 0 Å². The number of anilines is 1. The van der Waals surface area contributed by atoms with Crippen LogP contribution in [0.25, 0.3) is 0 Å². The average Bonchev–Trinajstić information content (AvgIpc) is 2.47. The molecule has 1 heterocycles. The predicted molar refractivity (Wildman–Crippen MR) is 82.0 cm³/mol. The lowest BCUT2D eigenvalue weighted by Gasteiger charge is -2.36. The molecule has 1 fully saturated rings. The van der Waals surface area contributed by atoms with Crippen LogP contribution in [0.5, 0.6) is 0 Å². The van der Waals surface area contributed by atoms with Gasteiger partial charge in [0.1, 0.15) is 0 Å². The second-order valence-corrected chi connectivity index (χ2v) is 5.46. The van der Waals surface area contributed by atoms with Crippen LogP contribution in [-0.4, -0.2) is 48.9 Å². The number of piperazine rings is 1. The molecule has 0 radical (unpaired) electrons. The average molecular weight is 290 g/mol. The maximum atomic E-state index is 11.9. The van der Waals surface area contributed by atoms with E-state index in [9.17, 15) is 9.59 Å². The van der Waals surface area contributed by atoms with E-state index >= 15 is 0 Å². The zero-order valence-electron chi connectivity index (χ0n) is 12.3. The number of benzene rings is 1. The van der Waals surface area contributed by atoms with Crippen LogP contribution in [0.4, 0.5) is 5.69 Å². The molecule has 1 aromatic carbocycles. The second kappa shape index (κ2) is 6.58. The molecular weight excluding hydrogens is 268 g/mol. The molecule has 6 heteroatoms. The standard InChI is InChI=1S/C15H22N4O2/c1-11(16)10-14(20)19-8-6-18(7-9-19)13-4-2-12(3-5-13)15(17)21/h2-5,11H,6-10,16H2,1H3,(H2,17,21). The number of nitrogens with two attached hydrogens (primary N) is 2. The smallest absolute Gasteiger partial charge is 0.248 e. The number of primary amides is 1. The fourth-order valence-corrected chi connectivity index (χ4v) is 2.46. The molecule has 1 unspecified atom stereocenters. The van der Waals surface area contributed by atoms with Crippen molar-refractivity contribution < 1.29 is 9.59 Å². The molecule has 1 aliphatic heterocycles. The van der Waals surface area contributed by atoms with Gasteiger partial charge in [0.15, 0.2) is 0 Å². The van der Waals surface area contributed by atoms with Gasteiger partial charge in [-0.05, 0) is 31.2 Å². The number of hydrogen-bond donors (Lipinski definition) is 2. The lowest BCUT2D eigenvalue weighted by Crippen LogP contribution is -2.49. The van der Waals surface area contributed by atoms with Gasteiger partial charge in [-0.25, -0.2) is 0 Å². The molecule has 1 atom stereocenters. The highest BCUT2D eigenvalue weighted by molar-refractivity contribution is 5.93. The number of rotatable bonds is 4. The summed E-state index contributed by atoms with van der Waals surface area (Å²) in [5.41, 5.74) is 12.4. The predicted octanol–water partition coefficient (Wildman–Crippen LogP) is 0.171. The maximum Gasteiger partial charge on any atom is 0.248 e. The minimum Gasteiger partial charge on any atom is -0.368 e. The summed E-state index contributed by atoms with van der Waals surface area (Å²) in [5.74, 6) is -0.304. The molecule has 6 nitrogen and oxygen atoms in total. The molecule has 21 heavy (non-hydrogen) atoms. The largest absolute Gasteiger partial charge is 0.368 e. The number of amides is 2. The van der Waals surface area contributed by atoms with Gasteiger partial charge in [-0.1, -0.05) is 0 Å². The van der Waals surface area contributed by atoms with Crippen molar-refractivity contribution in [2.75, 3.05) is 31.1 Å². The van der Waals surface area contributed by atoms with Crippen molar-refractivity contribution in [3.8, 4) is 0 Å². The molecule has 0 saturated carbocycles. The Bertz CT molecular complexity index is 505. The first-order valence-electron chi connectivity index (χ1n) is 7.15. The van der Waals surface area contributed by atoms with Gasteiger partial charge in [0.2, 0.25) is 11.8 Å². The first-order valence-corrected chi connectivity index (χ1v) is 7.15. The summed E-state index contributed by atoms with van der Waals surface area (Å²) in [7, 11) is 0. The van der Waals surface area contributed by atoms with Gasteiger partial charge in [0, 0.05) is 49.9 Å². The zero-order valence-corrected chi connectivity index (χ0v) is 12.3. The molecule has 0 bridgehead atoms. The Morgan fingerprint density at radius 2 is 1.71 bits per heavy atom. The van der Waals surface area contributed by atoms with E-state index in [2.05, 4.69) is 4.90 Å². The van der Waals surface area contributed by atoms with Crippen molar-refractivity contribution in [3.05, 3.63) is 29.8 Å². The van der Waals surface area contributed by atoms with Crippen molar-refractivity contribution in [1.82, 2.24) is 4.90 Å². The van der Waals surface area contributed by atoms with Gasteiger partial charge in [-0.15, -0.1) is 0 Å². The van der Waals surface area contributed by atoms with E-state index in [1.807, 2.05) is 24.0 Å². The summed E-state index contributed by atoms with van der Waals surface area (Å²) in [5, 5.41) is 0. The molecule has 1 aromatic rings. The quantitative estimate of drug-likeness (QED) is 0.827. The van der Waals surface area contributed by atoms with Crippen LogP contribution < -0.4 is 16.4 Å². The molecule has 1 aliphatic rings. The summed E-state index contributed by atoms with van der Waals surface area (Å²) in [6, 6.07) is 7.13. The Kier molecular flexibility index (Phi) is 4.80. The van der Waals surface area contributed by atoms with E-state index in [0.717, 1.165) is 18.8 Å². The number of nitrogens with zero attached hydrogens (tertiary/aromatic N) is 2. The number of carbonyl (C=O) groups excluding carboxylic acids is 2. The van der Waals surface area contributed by atoms with E-state index in [4.69, 9.17) is 11.5 Å². The summed E-state index contributed by atoms with van der Waals surface area (Å²) < 4.78 is 0. The summed E-state index contributed by atoms with van der Waals surface area (Å²) in [6.45, 7) is 4.79. The first-order chi connectivity index (χ1) is 9.97.